The van der Waals surface area contributed by atoms with E-state index in [1.54, 1.807) is 0 Å². The minimum atomic E-state index is -1.96. The highest BCUT2D eigenvalue weighted by Gasteiger charge is 2.28. The molecule has 0 aliphatic heterocycles. The van der Waals surface area contributed by atoms with E-state index in [1.165, 1.54) is 0 Å². The first kappa shape index (κ1) is 11.6. The molecule has 0 saturated heterocycles. The molecular weight excluding hydrogens is 246 g/mol. The van der Waals surface area contributed by atoms with Crippen LogP contribution in [0.5, 0.6) is 0 Å². The zero-order valence-electron chi connectivity index (χ0n) is 5.93. The molecule has 0 radical (unpaired) electrons. The minimum Gasteiger partial charge on any atom is -0.146 e. The second-order valence-electron chi connectivity index (χ2n) is 2.64. The summed E-state index contributed by atoms with van der Waals surface area (Å²) in [6.45, 7) is -0.155. The van der Waals surface area contributed by atoms with E-state index < -0.39 is 13.4 Å². The zero-order chi connectivity index (χ0) is 8.41. The van der Waals surface area contributed by atoms with Crippen molar-refractivity contribution in [2.45, 2.75) is 25.2 Å². The van der Waals surface area contributed by atoms with Crippen LogP contribution in [-0.2, 0) is 0 Å². The maximum atomic E-state index is 5.85. The molecule has 0 amide bonds. The van der Waals surface area contributed by atoms with Gasteiger partial charge in [-0.2, -0.15) is 0 Å². The van der Waals surface area contributed by atoms with Gasteiger partial charge < -0.3 is 0 Å². The highest BCUT2D eigenvalue weighted by molar-refractivity contribution is 7.47. The summed E-state index contributed by atoms with van der Waals surface area (Å²) in [6, 6.07) is 1.59. The Morgan fingerprint density at radius 2 is 1.00 bits per heavy atom. The topological polar surface area (TPSA) is 0 Å². The second-order valence-corrected chi connectivity index (χ2v) is 19.1. The maximum Gasteiger partial charge on any atom is 0.248 e. The first-order valence-corrected chi connectivity index (χ1v) is 12.4. The van der Waals surface area contributed by atoms with Gasteiger partial charge in [0, 0.05) is 0 Å². The predicted octanol–water partition coefficient (Wildman–Crippen LogP) is 4.09. The summed E-state index contributed by atoms with van der Waals surface area (Å²) in [6.07, 6.45) is 0. The molecule has 0 rings (SSSR count). The Hall–Kier alpha value is 1.59. The number of rotatable bonds is 3. The van der Waals surface area contributed by atoms with Gasteiger partial charge in [0.25, 0.3) is 0 Å². The number of hydrogen-bond donors (Lipinski definition) is 0. The van der Waals surface area contributed by atoms with E-state index in [-0.39, 0.29) is 0 Å². The van der Waals surface area contributed by atoms with Crippen molar-refractivity contribution in [3.63, 3.8) is 0 Å². The smallest absolute Gasteiger partial charge is 0.146 e. The summed E-state index contributed by atoms with van der Waals surface area (Å²) in [5.41, 5.74) is 0. The average Bonchev–Trinajstić information content (AvgIpc) is 1.57. The van der Waals surface area contributed by atoms with Crippen molar-refractivity contribution in [2.24, 2.45) is 0 Å². The van der Waals surface area contributed by atoms with E-state index in [9.17, 15) is 0 Å². The quantitative estimate of drug-likeness (QED) is 0.527. The molecule has 0 heterocycles. The lowest BCUT2D eigenvalue weighted by molar-refractivity contribution is 1.38. The molecule has 0 nitrogen and oxygen atoms in total. The van der Waals surface area contributed by atoms with E-state index in [0.29, 0.717) is 0 Å². The van der Waals surface area contributed by atoms with Crippen LogP contribution in [0.1, 0.15) is 0 Å². The number of hydrogen-bond acceptors (Lipinski definition) is 0. The maximum absolute atomic E-state index is 5.85. The summed E-state index contributed by atoms with van der Waals surface area (Å²) in [5.74, 6) is 0. The molecule has 0 spiro atoms. The molecule has 62 valence electrons. The molecule has 6 heteroatoms. The molecule has 0 saturated carbocycles. The molecule has 0 aliphatic rings. The van der Waals surface area contributed by atoms with Crippen LogP contribution in [0.2, 0.25) is 25.2 Å². The zero-order valence-corrected chi connectivity index (χ0v) is 10.9. The average molecular weight is 256 g/mol. The monoisotopic (exact) mass is 254 g/mol. The van der Waals surface area contributed by atoms with Crippen LogP contribution in [0, 0.1) is 0 Å². The summed E-state index contributed by atoms with van der Waals surface area (Å²) in [4.78, 5) is 0. The molecular formula is C4H10Cl4Si2. The van der Waals surface area contributed by atoms with E-state index in [2.05, 4.69) is 0 Å². The fourth-order valence-electron chi connectivity index (χ4n) is 0.439. The fourth-order valence-corrected chi connectivity index (χ4v) is 7.35. The Morgan fingerprint density at radius 1 is 0.800 bits per heavy atom. The standard InChI is InChI=1S/C4H10Cl4Si2/c1-9(5,6)3-4-10(2,7)8/h3-4H2,1-2H3. The summed E-state index contributed by atoms with van der Waals surface area (Å²) in [5, 5.41) is 0. The van der Waals surface area contributed by atoms with Gasteiger partial charge >= 0.3 is 0 Å². The largest absolute Gasteiger partial charge is 0.248 e. The van der Waals surface area contributed by atoms with Gasteiger partial charge in [-0.25, -0.2) is 0 Å². The molecule has 0 aromatic heterocycles. The first-order chi connectivity index (χ1) is 4.21. The Kier molecular flexibility index (Phi) is 4.65. The summed E-state index contributed by atoms with van der Waals surface area (Å²) in [7, 11) is 0. The van der Waals surface area contributed by atoms with Gasteiger partial charge in [-0.3, -0.25) is 0 Å². The SMILES string of the molecule is C[Si](Cl)(Cl)CC[Si](C)(Cl)Cl. The van der Waals surface area contributed by atoms with Gasteiger partial charge in [0.1, 0.15) is 0 Å². The van der Waals surface area contributed by atoms with Crippen LogP contribution in [0.4, 0.5) is 0 Å². The van der Waals surface area contributed by atoms with E-state index in [1.807, 2.05) is 13.1 Å². The van der Waals surface area contributed by atoms with Crippen molar-refractivity contribution in [3.05, 3.63) is 0 Å². The van der Waals surface area contributed by atoms with Gasteiger partial charge in [0.05, 0.1) is 0 Å². The van der Waals surface area contributed by atoms with Crippen molar-refractivity contribution >= 4 is 57.7 Å². The van der Waals surface area contributed by atoms with Crippen LogP contribution >= 0.6 is 44.3 Å². The van der Waals surface area contributed by atoms with E-state index in [0.717, 1.165) is 12.1 Å². The molecule has 0 atom stereocenters. The van der Waals surface area contributed by atoms with Crippen LogP contribution < -0.4 is 0 Å². The van der Waals surface area contributed by atoms with Crippen molar-refractivity contribution < 1.29 is 0 Å². The summed E-state index contributed by atoms with van der Waals surface area (Å²) >= 11 is 23.4. The highest BCUT2D eigenvalue weighted by Crippen LogP contribution is 2.29. The van der Waals surface area contributed by atoms with Gasteiger partial charge in [0.2, 0.25) is 13.4 Å². The molecule has 0 aromatic rings. The predicted molar refractivity (Wildman–Crippen MR) is 56.3 cm³/mol. The van der Waals surface area contributed by atoms with Crippen LogP contribution in [-0.4, -0.2) is 13.4 Å². The third-order valence-corrected chi connectivity index (χ3v) is 6.03. The van der Waals surface area contributed by atoms with Gasteiger partial charge in [-0.1, -0.05) is 0 Å². The van der Waals surface area contributed by atoms with Gasteiger partial charge in [-0.05, 0) is 25.2 Å². The van der Waals surface area contributed by atoms with E-state index >= 15 is 0 Å². The molecule has 0 aliphatic carbocycles. The minimum absolute atomic E-state index is 0.797. The van der Waals surface area contributed by atoms with Crippen molar-refractivity contribution in [3.8, 4) is 0 Å². The van der Waals surface area contributed by atoms with Crippen molar-refractivity contribution in [1.29, 1.82) is 0 Å². The van der Waals surface area contributed by atoms with Crippen molar-refractivity contribution in [2.75, 3.05) is 0 Å². The molecule has 0 bridgehead atoms. The lowest BCUT2D eigenvalue weighted by Crippen LogP contribution is -2.20. The van der Waals surface area contributed by atoms with Crippen LogP contribution in [0.25, 0.3) is 0 Å². The van der Waals surface area contributed by atoms with Crippen LogP contribution in [0.15, 0.2) is 0 Å². The van der Waals surface area contributed by atoms with Crippen molar-refractivity contribution in [1.82, 2.24) is 0 Å². The van der Waals surface area contributed by atoms with E-state index in [4.69, 9.17) is 44.3 Å². The third-order valence-electron chi connectivity index (χ3n) is 1.00. The van der Waals surface area contributed by atoms with Gasteiger partial charge in [-0.15, -0.1) is 44.3 Å². The Morgan fingerprint density at radius 3 is 1.10 bits per heavy atom. The lowest BCUT2D eigenvalue weighted by Gasteiger charge is -2.14. The molecule has 0 unspecified atom stereocenters. The Labute approximate surface area is 82.6 Å². The number of halogens is 4. The molecule has 10 heavy (non-hydrogen) atoms. The Balaban J connectivity index is 3.56. The third kappa shape index (κ3) is 9.59. The molecule has 0 fully saturated rings. The Bertz CT molecular complexity index is 88.8. The summed E-state index contributed by atoms with van der Waals surface area (Å²) < 4.78 is 0. The molecule has 0 aromatic carbocycles. The molecule has 0 N–H and O–H groups in total. The fraction of sp³-hybridized carbons (Fsp3) is 1.00. The lowest BCUT2D eigenvalue weighted by atomic mass is 10.9. The van der Waals surface area contributed by atoms with Crippen LogP contribution in [0.3, 0.4) is 0 Å². The van der Waals surface area contributed by atoms with Gasteiger partial charge in [0.15, 0.2) is 0 Å². The highest BCUT2D eigenvalue weighted by atomic mass is 35.7. The normalized spacial score (nSPS) is 13.8. The first-order valence-electron chi connectivity index (χ1n) is 2.96. The second kappa shape index (κ2) is 4.01.